The molecule has 0 N–H and O–H groups in total. The lowest BCUT2D eigenvalue weighted by atomic mass is 9.95. The number of fused-ring (bicyclic) bond motifs is 3. The summed E-state index contributed by atoms with van der Waals surface area (Å²) in [6.07, 6.45) is 3.99. The van der Waals surface area contributed by atoms with E-state index >= 15 is 0 Å². The summed E-state index contributed by atoms with van der Waals surface area (Å²) in [5, 5.41) is 0.670. The summed E-state index contributed by atoms with van der Waals surface area (Å²) >= 11 is 6.57. The summed E-state index contributed by atoms with van der Waals surface area (Å²) in [4.78, 5) is 16.2. The smallest absolute Gasteiger partial charge is 0.316 e. The van der Waals surface area contributed by atoms with E-state index in [2.05, 4.69) is 39.0 Å². The summed E-state index contributed by atoms with van der Waals surface area (Å²) in [5.74, 6) is 1.15. The number of methoxy groups -OCH3 is 1. The number of allylic oxidation sites excluding steroid dienone is 1. The van der Waals surface area contributed by atoms with Crippen LogP contribution in [0.15, 0.2) is 24.8 Å². The molecular weight excluding hydrogens is 386 g/mol. The van der Waals surface area contributed by atoms with Crippen molar-refractivity contribution in [3.8, 4) is 6.01 Å². The number of halogens is 1. The lowest BCUT2D eigenvalue weighted by molar-refractivity contribution is 0.377. The molecule has 3 aromatic rings. The molecule has 29 heavy (non-hydrogen) atoms. The molecule has 0 spiro atoms. The zero-order valence-corrected chi connectivity index (χ0v) is 18.1. The van der Waals surface area contributed by atoms with Crippen molar-refractivity contribution >= 4 is 34.3 Å². The molecular formula is C22H26ClN5O. The predicted octanol–water partition coefficient (Wildman–Crippen LogP) is 5.33. The fourth-order valence-corrected chi connectivity index (χ4v) is 4.51. The molecule has 7 heteroatoms. The van der Waals surface area contributed by atoms with E-state index < -0.39 is 0 Å². The highest BCUT2D eigenvalue weighted by molar-refractivity contribution is 6.35. The Morgan fingerprint density at radius 2 is 1.93 bits per heavy atom. The lowest BCUT2D eigenvalue weighted by Crippen LogP contribution is -2.30. The van der Waals surface area contributed by atoms with E-state index in [1.807, 2.05) is 26.0 Å². The minimum absolute atomic E-state index is 0.263. The molecule has 1 aliphatic rings. The van der Waals surface area contributed by atoms with Gasteiger partial charge < -0.3 is 14.2 Å². The lowest BCUT2D eigenvalue weighted by Gasteiger charge is -2.31. The Labute approximate surface area is 176 Å². The average Bonchev–Trinajstić information content (AvgIpc) is 3.11. The topological polar surface area (TPSA) is 56.1 Å². The second-order valence-corrected chi connectivity index (χ2v) is 7.79. The number of anilines is 2. The van der Waals surface area contributed by atoms with Crippen LogP contribution in [0.4, 0.5) is 11.6 Å². The molecule has 0 saturated heterocycles. The number of benzene rings is 1. The molecule has 0 bridgehead atoms. The van der Waals surface area contributed by atoms with E-state index in [1.54, 1.807) is 7.11 Å². The number of ether oxygens (including phenoxy) is 1. The fourth-order valence-electron chi connectivity index (χ4n) is 4.31. The molecule has 0 fully saturated rings. The van der Waals surface area contributed by atoms with Crippen LogP contribution in [-0.4, -0.2) is 33.2 Å². The number of aryl methyl sites for hydroxylation is 3. The summed E-state index contributed by atoms with van der Waals surface area (Å²) in [7, 11) is 1.58. The number of hydrogen-bond acceptors (Lipinski definition) is 5. The van der Waals surface area contributed by atoms with Gasteiger partial charge in [-0.05, 0) is 38.3 Å². The molecule has 1 aliphatic heterocycles. The second-order valence-electron chi connectivity index (χ2n) is 7.38. The number of nitrogens with zero attached hydrogens (tertiary/aromatic N) is 5. The van der Waals surface area contributed by atoms with Crippen molar-refractivity contribution in [3.05, 3.63) is 46.8 Å². The Bertz CT molecular complexity index is 1070. The van der Waals surface area contributed by atoms with Gasteiger partial charge in [-0.3, -0.25) is 0 Å². The zero-order valence-electron chi connectivity index (χ0n) is 17.4. The van der Waals surface area contributed by atoms with Gasteiger partial charge in [0.05, 0.1) is 34.7 Å². The Balaban J connectivity index is 1.95. The van der Waals surface area contributed by atoms with Gasteiger partial charge in [0, 0.05) is 19.0 Å². The van der Waals surface area contributed by atoms with Gasteiger partial charge in [-0.25, -0.2) is 4.98 Å². The summed E-state index contributed by atoms with van der Waals surface area (Å²) in [6, 6.07) is 4.44. The molecule has 1 unspecified atom stereocenters. The summed E-state index contributed by atoms with van der Waals surface area (Å²) < 4.78 is 7.52. The Morgan fingerprint density at radius 1 is 1.21 bits per heavy atom. The van der Waals surface area contributed by atoms with Crippen LogP contribution < -0.4 is 9.64 Å². The minimum atomic E-state index is 0.263. The Kier molecular flexibility index (Phi) is 5.21. The molecule has 6 nitrogen and oxygen atoms in total. The molecule has 0 radical (unpaired) electrons. The maximum Gasteiger partial charge on any atom is 0.316 e. The summed E-state index contributed by atoms with van der Waals surface area (Å²) in [5.41, 5.74) is 5.90. The predicted molar refractivity (Wildman–Crippen MR) is 118 cm³/mol. The molecule has 0 aliphatic carbocycles. The quantitative estimate of drug-likeness (QED) is 0.531. The minimum Gasteiger partial charge on any atom is -0.467 e. The monoisotopic (exact) mass is 411 g/mol. The fraction of sp³-hybridized carbons (Fsp3) is 0.409. The van der Waals surface area contributed by atoms with Crippen LogP contribution in [0.2, 0.25) is 5.02 Å². The first-order valence-electron chi connectivity index (χ1n) is 9.98. The summed E-state index contributed by atoms with van der Waals surface area (Å²) in [6.45, 7) is 11.9. The van der Waals surface area contributed by atoms with Crippen LogP contribution in [-0.2, 0) is 6.54 Å². The molecule has 0 saturated carbocycles. The van der Waals surface area contributed by atoms with Gasteiger partial charge in [0.25, 0.3) is 0 Å². The van der Waals surface area contributed by atoms with Crippen LogP contribution in [0.5, 0.6) is 6.01 Å². The molecule has 1 aromatic carbocycles. The Hall–Kier alpha value is -2.60. The third-order valence-electron chi connectivity index (χ3n) is 5.65. The SMILES string of the molecule is C=CC(CC)c1ccc(Cl)c2nc3n(c12)CCCN3c1c(C)nc(OC)nc1C. The van der Waals surface area contributed by atoms with Crippen molar-refractivity contribution in [2.24, 2.45) is 0 Å². The average molecular weight is 412 g/mol. The van der Waals surface area contributed by atoms with Crippen LogP contribution in [0, 0.1) is 13.8 Å². The third-order valence-corrected chi connectivity index (χ3v) is 5.95. The molecule has 2 aromatic heterocycles. The number of imidazole rings is 1. The second kappa shape index (κ2) is 7.67. The van der Waals surface area contributed by atoms with Crippen molar-refractivity contribution in [2.45, 2.75) is 46.1 Å². The van der Waals surface area contributed by atoms with Gasteiger partial charge in [0.1, 0.15) is 5.52 Å². The van der Waals surface area contributed by atoms with Gasteiger partial charge in [0.2, 0.25) is 5.95 Å². The van der Waals surface area contributed by atoms with E-state index in [1.165, 1.54) is 5.56 Å². The van der Waals surface area contributed by atoms with Crippen LogP contribution in [0.1, 0.15) is 42.6 Å². The highest BCUT2D eigenvalue weighted by Gasteiger charge is 2.28. The van der Waals surface area contributed by atoms with E-state index in [-0.39, 0.29) is 5.92 Å². The van der Waals surface area contributed by atoms with Crippen molar-refractivity contribution in [1.29, 1.82) is 0 Å². The largest absolute Gasteiger partial charge is 0.467 e. The zero-order chi connectivity index (χ0) is 20.7. The maximum absolute atomic E-state index is 6.57. The van der Waals surface area contributed by atoms with Crippen molar-refractivity contribution in [3.63, 3.8) is 0 Å². The third kappa shape index (κ3) is 3.15. The van der Waals surface area contributed by atoms with Gasteiger partial charge in [-0.15, -0.1) is 6.58 Å². The number of rotatable bonds is 5. The first kappa shape index (κ1) is 19.7. The Morgan fingerprint density at radius 3 is 2.55 bits per heavy atom. The van der Waals surface area contributed by atoms with Crippen LogP contribution in [0.25, 0.3) is 11.0 Å². The highest BCUT2D eigenvalue weighted by Crippen LogP contribution is 2.40. The van der Waals surface area contributed by atoms with Crippen molar-refractivity contribution in [2.75, 3.05) is 18.6 Å². The molecule has 0 amide bonds. The first-order chi connectivity index (χ1) is 14.0. The van der Waals surface area contributed by atoms with E-state index in [4.69, 9.17) is 21.3 Å². The van der Waals surface area contributed by atoms with Crippen molar-refractivity contribution in [1.82, 2.24) is 19.5 Å². The standard InChI is InChI=1S/C22H26ClN5O/c1-6-15(7-2)16-9-10-17(23)18-20(16)28-12-8-11-27(22(28)26-18)19-13(3)24-21(29-5)25-14(19)4/h6,9-10,15H,1,7-8,11-12H2,2-5H3. The molecule has 1 atom stereocenters. The number of hydrogen-bond donors (Lipinski definition) is 0. The van der Waals surface area contributed by atoms with E-state index in [0.717, 1.165) is 60.0 Å². The number of aromatic nitrogens is 4. The highest BCUT2D eigenvalue weighted by atomic mass is 35.5. The van der Waals surface area contributed by atoms with Gasteiger partial charge in [0.15, 0.2) is 0 Å². The van der Waals surface area contributed by atoms with Gasteiger partial charge in [-0.2, -0.15) is 9.97 Å². The van der Waals surface area contributed by atoms with E-state index in [9.17, 15) is 0 Å². The first-order valence-corrected chi connectivity index (χ1v) is 10.4. The van der Waals surface area contributed by atoms with Crippen LogP contribution in [0.3, 0.4) is 0 Å². The maximum atomic E-state index is 6.57. The van der Waals surface area contributed by atoms with Gasteiger partial charge >= 0.3 is 6.01 Å². The molecule has 4 rings (SSSR count). The van der Waals surface area contributed by atoms with Crippen LogP contribution >= 0.6 is 11.6 Å². The van der Waals surface area contributed by atoms with E-state index in [0.29, 0.717) is 11.0 Å². The molecule has 3 heterocycles. The van der Waals surface area contributed by atoms with Crippen molar-refractivity contribution < 1.29 is 4.74 Å². The normalized spacial score (nSPS) is 14.7. The van der Waals surface area contributed by atoms with Gasteiger partial charge in [-0.1, -0.05) is 30.7 Å². The molecule has 152 valence electrons.